The van der Waals surface area contributed by atoms with Crippen LogP contribution < -0.4 is 9.80 Å². The van der Waals surface area contributed by atoms with E-state index in [4.69, 9.17) is 5.26 Å². The Balaban J connectivity index is 2.04. The Morgan fingerprint density at radius 1 is 1.26 bits per heavy atom. The highest BCUT2D eigenvalue weighted by Gasteiger charge is 2.32. The van der Waals surface area contributed by atoms with Gasteiger partial charge in [-0.05, 0) is 31.0 Å². The smallest absolute Gasteiger partial charge is 0.246 e. The molecule has 1 saturated carbocycles. The third-order valence-corrected chi connectivity index (χ3v) is 4.22. The van der Waals surface area contributed by atoms with Gasteiger partial charge < -0.3 is 9.80 Å². The van der Waals surface area contributed by atoms with Crippen LogP contribution in [0.25, 0.3) is 0 Å². The van der Waals surface area contributed by atoms with E-state index in [0.717, 1.165) is 24.2 Å². The maximum Gasteiger partial charge on any atom is 0.246 e. The lowest BCUT2D eigenvalue weighted by molar-refractivity contribution is -0.117. The van der Waals surface area contributed by atoms with Gasteiger partial charge in [0, 0.05) is 13.1 Å². The molecule has 0 spiro atoms. The second-order valence-electron chi connectivity index (χ2n) is 5.33. The fraction of sp³-hybridized carbons (Fsp3) is 0.467. The van der Waals surface area contributed by atoms with Gasteiger partial charge in [-0.2, -0.15) is 5.26 Å². The predicted octanol–water partition coefficient (Wildman–Crippen LogP) is 2.28. The quantitative estimate of drug-likeness (QED) is 0.773. The molecule has 19 heavy (non-hydrogen) atoms. The summed E-state index contributed by atoms with van der Waals surface area (Å²) in [5, 5.41) is 9.00. The molecular weight excluding hydrogens is 238 g/mol. The lowest BCUT2D eigenvalue weighted by atomic mass is 10.1. The average molecular weight is 255 g/mol. The summed E-state index contributed by atoms with van der Waals surface area (Å²) in [6, 6.07) is 8.25. The number of fused-ring (bicyclic) bond motifs is 1. The molecule has 1 fully saturated rings. The number of nitrogens with zero attached hydrogens (tertiary/aromatic N) is 3. The third kappa shape index (κ3) is 1.95. The zero-order valence-corrected chi connectivity index (χ0v) is 11.1. The molecule has 1 aliphatic heterocycles. The summed E-state index contributed by atoms with van der Waals surface area (Å²) in [5.74, 6) is 0.106. The summed E-state index contributed by atoms with van der Waals surface area (Å²) in [7, 11) is 1.79. The molecule has 1 heterocycles. The second kappa shape index (κ2) is 4.58. The predicted molar refractivity (Wildman–Crippen MR) is 74.2 cm³/mol. The topological polar surface area (TPSA) is 47.3 Å². The number of nitriles is 1. The maximum absolute atomic E-state index is 12.1. The molecule has 1 aliphatic carbocycles. The van der Waals surface area contributed by atoms with E-state index < -0.39 is 0 Å². The molecule has 4 heteroatoms. The first kappa shape index (κ1) is 12.0. The van der Waals surface area contributed by atoms with Crippen LogP contribution in [-0.4, -0.2) is 25.5 Å². The number of carbonyl (C=O) groups excluding carboxylic acids is 1. The largest absolute Gasteiger partial charge is 0.358 e. The van der Waals surface area contributed by atoms with Crippen LogP contribution in [0.15, 0.2) is 18.2 Å². The number of likely N-dealkylation sites (N-methyl/N-ethyl adjacent to an activating group) is 1. The van der Waals surface area contributed by atoms with Crippen LogP contribution in [0.1, 0.15) is 31.2 Å². The summed E-state index contributed by atoms with van der Waals surface area (Å²) in [4.78, 5) is 16.0. The number of anilines is 2. The lowest BCUT2D eigenvalue weighted by Gasteiger charge is -2.39. The Kier molecular flexibility index (Phi) is 2.90. The van der Waals surface area contributed by atoms with Crippen LogP contribution in [0.3, 0.4) is 0 Å². The highest BCUT2D eigenvalue weighted by atomic mass is 16.2. The van der Waals surface area contributed by atoms with Crippen LogP contribution in [0, 0.1) is 11.3 Å². The van der Waals surface area contributed by atoms with Crippen molar-refractivity contribution >= 4 is 17.3 Å². The van der Waals surface area contributed by atoms with Crippen LogP contribution in [0.4, 0.5) is 11.4 Å². The van der Waals surface area contributed by atoms with Crippen molar-refractivity contribution in [2.24, 2.45) is 0 Å². The summed E-state index contributed by atoms with van der Waals surface area (Å²) >= 11 is 0. The summed E-state index contributed by atoms with van der Waals surface area (Å²) < 4.78 is 0. The van der Waals surface area contributed by atoms with Crippen molar-refractivity contribution < 1.29 is 4.79 Å². The summed E-state index contributed by atoms with van der Waals surface area (Å²) in [6.07, 6.45) is 4.82. The molecule has 1 aromatic carbocycles. The molecule has 0 saturated heterocycles. The fourth-order valence-electron chi connectivity index (χ4n) is 3.12. The van der Waals surface area contributed by atoms with E-state index in [0.29, 0.717) is 18.2 Å². The normalized spacial score (nSPS) is 19.5. The van der Waals surface area contributed by atoms with Crippen molar-refractivity contribution in [2.45, 2.75) is 31.7 Å². The molecule has 0 bridgehead atoms. The molecule has 2 aliphatic rings. The molecule has 0 aromatic heterocycles. The number of hydrogen-bond acceptors (Lipinski definition) is 3. The standard InChI is InChI=1S/C15H17N3O/c1-17-14-8-11(9-16)6-7-13(14)18(10-15(17)19)12-4-2-3-5-12/h6-8,12H,2-5,10H2,1H3. The first-order valence-electron chi connectivity index (χ1n) is 6.78. The van der Waals surface area contributed by atoms with Crippen molar-refractivity contribution in [1.29, 1.82) is 5.26 Å². The lowest BCUT2D eigenvalue weighted by Crippen LogP contribution is -2.47. The van der Waals surface area contributed by atoms with E-state index in [1.54, 1.807) is 11.9 Å². The van der Waals surface area contributed by atoms with Crippen molar-refractivity contribution in [3.05, 3.63) is 23.8 Å². The molecule has 0 N–H and O–H groups in total. The minimum atomic E-state index is 0.106. The van der Waals surface area contributed by atoms with Gasteiger partial charge in [0.25, 0.3) is 0 Å². The minimum absolute atomic E-state index is 0.106. The Labute approximate surface area is 113 Å². The number of carbonyl (C=O) groups is 1. The minimum Gasteiger partial charge on any atom is -0.358 e. The van der Waals surface area contributed by atoms with Crippen LogP contribution in [-0.2, 0) is 4.79 Å². The van der Waals surface area contributed by atoms with E-state index in [9.17, 15) is 4.79 Å². The molecule has 4 nitrogen and oxygen atoms in total. The molecule has 0 unspecified atom stereocenters. The monoisotopic (exact) mass is 255 g/mol. The van der Waals surface area contributed by atoms with E-state index in [2.05, 4.69) is 11.0 Å². The number of hydrogen-bond donors (Lipinski definition) is 0. The molecule has 1 aromatic rings. The summed E-state index contributed by atoms with van der Waals surface area (Å²) in [5.41, 5.74) is 2.56. The zero-order valence-electron chi connectivity index (χ0n) is 11.1. The first-order chi connectivity index (χ1) is 9.20. The Bertz CT molecular complexity index is 555. The van der Waals surface area contributed by atoms with Gasteiger partial charge in [0.05, 0.1) is 29.6 Å². The Morgan fingerprint density at radius 2 is 2.00 bits per heavy atom. The average Bonchev–Trinajstić information content (AvgIpc) is 2.96. The Hall–Kier alpha value is -2.02. The number of rotatable bonds is 1. The van der Waals surface area contributed by atoms with Crippen molar-refractivity contribution in [3.8, 4) is 6.07 Å². The van der Waals surface area contributed by atoms with Gasteiger partial charge in [0.2, 0.25) is 5.91 Å². The van der Waals surface area contributed by atoms with Gasteiger partial charge in [-0.1, -0.05) is 12.8 Å². The molecule has 0 atom stereocenters. The second-order valence-corrected chi connectivity index (χ2v) is 5.33. The van der Waals surface area contributed by atoms with Gasteiger partial charge in [0.15, 0.2) is 0 Å². The summed E-state index contributed by atoms with van der Waals surface area (Å²) in [6.45, 7) is 0.458. The van der Waals surface area contributed by atoms with Gasteiger partial charge in [-0.3, -0.25) is 4.79 Å². The fourth-order valence-corrected chi connectivity index (χ4v) is 3.12. The Morgan fingerprint density at radius 3 is 2.68 bits per heavy atom. The highest BCUT2D eigenvalue weighted by molar-refractivity contribution is 6.03. The van der Waals surface area contributed by atoms with Gasteiger partial charge in [-0.15, -0.1) is 0 Å². The van der Waals surface area contributed by atoms with E-state index >= 15 is 0 Å². The van der Waals surface area contributed by atoms with E-state index in [1.165, 1.54) is 12.8 Å². The van der Waals surface area contributed by atoms with Gasteiger partial charge in [-0.25, -0.2) is 0 Å². The van der Waals surface area contributed by atoms with E-state index in [-0.39, 0.29) is 5.91 Å². The molecule has 1 amide bonds. The first-order valence-corrected chi connectivity index (χ1v) is 6.78. The van der Waals surface area contributed by atoms with Crippen LogP contribution >= 0.6 is 0 Å². The van der Waals surface area contributed by atoms with Crippen molar-refractivity contribution in [3.63, 3.8) is 0 Å². The SMILES string of the molecule is CN1C(=O)CN(C2CCCC2)c2ccc(C#N)cc21. The van der Waals surface area contributed by atoms with E-state index in [1.807, 2.05) is 18.2 Å². The zero-order chi connectivity index (χ0) is 13.4. The van der Waals surface area contributed by atoms with Gasteiger partial charge >= 0.3 is 0 Å². The molecule has 0 radical (unpaired) electrons. The number of amides is 1. The maximum atomic E-state index is 12.1. The highest BCUT2D eigenvalue weighted by Crippen LogP contribution is 2.38. The molecule has 98 valence electrons. The van der Waals surface area contributed by atoms with Crippen LogP contribution in [0.5, 0.6) is 0 Å². The third-order valence-electron chi connectivity index (χ3n) is 4.22. The molecule has 3 rings (SSSR count). The van der Waals surface area contributed by atoms with Gasteiger partial charge in [0.1, 0.15) is 0 Å². The van der Waals surface area contributed by atoms with Crippen molar-refractivity contribution in [2.75, 3.05) is 23.4 Å². The number of benzene rings is 1. The molecular formula is C15H17N3O. The van der Waals surface area contributed by atoms with Crippen molar-refractivity contribution in [1.82, 2.24) is 0 Å². The van der Waals surface area contributed by atoms with Crippen LogP contribution in [0.2, 0.25) is 0 Å².